The zero-order valence-corrected chi connectivity index (χ0v) is 15.4. The molecule has 2 aliphatic carbocycles. The molecule has 1 aromatic carbocycles. The van der Waals surface area contributed by atoms with Crippen LogP contribution in [0.3, 0.4) is 0 Å². The molecule has 0 radical (unpaired) electrons. The summed E-state index contributed by atoms with van der Waals surface area (Å²) >= 11 is 1.68. The minimum Gasteiger partial charge on any atom is -0.469 e. The van der Waals surface area contributed by atoms with Crippen LogP contribution < -0.4 is 11.1 Å². The molecule has 0 spiro atoms. The molecule has 2 saturated carbocycles. The number of nitrogens with one attached hydrogen (secondary N) is 1. The number of benzene rings is 1. The molecule has 2 fully saturated rings. The summed E-state index contributed by atoms with van der Waals surface area (Å²) in [4.78, 5) is 23.8. The summed E-state index contributed by atoms with van der Waals surface area (Å²) in [7, 11) is 1.40. The average molecular weight is 362 g/mol. The summed E-state index contributed by atoms with van der Waals surface area (Å²) in [6, 6.07) is 7.91. The molecule has 0 saturated heterocycles. The molecule has 25 heavy (non-hydrogen) atoms. The van der Waals surface area contributed by atoms with E-state index in [2.05, 4.69) is 10.1 Å². The number of anilines is 1. The Morgan fingerprint density at radius 3 is 2.84 bits per heavy atom. The Morgan fingerprint density at radius 2 is 2.12 bits per heavy atom. The van der Waals surface area contributed by atoms with Crippen molar-refractivity contribution < 1.29 is 14.3 Å². The van der Waals surface area contributed by atoms with Crippen molar-refractivity contribution in [2.45, 2.75) is 37.5 Å². The van der Waals surface area contributed by atoms with Crippen LogP contribution in [0.1, 0.15) is 31.2 Å². The topological polar surface area (TPSA) is 81.4 Å². The second-order valence-corrected chi connectivity index (χ2v) is 8.11. The van der Waals surface area contributed by atoms with E-state index in [0.717, 1.165) is 35.6 Å². The van der Waals surface area contributed by atoms with E-state index in [9.17, 15) is 9.59 Å². The van der Waals surface area contributed by atoms with E-state index in [1.807, 2.05) is 24.3 Å². The van der Waals surface area contributed by atoms with Crippen LogP contribution in [0, 0.1) is 17.8 Å². The third-order valence-corrected chi connectivity index (χ3v) is 6.46. The molecule has 2 bridgehead atoms. The predicted molar refractivity (Wildman–Crippen MR) is 100 cm³/mol. The summed E-state index contributed by atoms with van der Waals surface area (Å²) in [5.74, 6) is 2.34. The molecule has 4 atom stereocenters. The van der Waals surface area contributed by atoms with E-state index >= 15 is 0 Å². The normalized spacial score (nSPS) is 27.3. The van der Waals surface area contributed by atoms with Crippen LogP contribution in [0.15, 0.2) is 24.3 Å². The molecule has 6 heteroatoms. The summed E-state index contributed by atoms with van der Waals surface area (Å²) in [5.41, 5.74) is 8.22. The number of hydrogen-bond donors (Lipinski definition) is 2. The van der Waals surface area contributed by atoms with Crippen LogP contribution in [-0.4, -0.2) is 30.8 Å². The molecule has 3 N–H and O–H groups in total. The first-order chi connectivity index (χ1) is 12.1. The van der Waals surface area contributed by atoms with Crippen LogP contribution in [0.4, 0.5) is 5.69 Å². The number of carbonyl (C=O) groups excluding carboxylic acids is 2. The number of nitrogens with two attached hydrogens (primary N) is 1. The van der Waals surface area contributed by atoms with E-state index in [4.69, 9.17) is 5.73 Å². The van der Waals surface area contributed by atoms with Gasteiger partial charge in [0.2, 0.25) is 5.91 Å². The van der Waals surface area contributed by atoms with Gasteiger partial charge in [-0.15, -0.1) is 0 Å². The maximum Gasteiger partial charge on any atom is 0.306 e. The van der Waals surface area contributed by atoms with Gasteiger partial charge in [-0.25, -0.2) is 0 Å². The van der Waals surface area contributed by atoms with E-state index < -0.39 is 0 Å². The third kappa shape index (κ3) is 4.36. The lowest BCUT2D eigenvalue weighted by atomic mass is 9.84. The van der Waals surface area contributed by atoms with Crippen molar-refractivity contribution in [2.24, 2.45) is 23.5 Å². The van der Waals surface area contributed by atoms with E-state index in [1.165, 1.54) is 13.5 Å². The van der Waals surface area contributed by atoms with E-state index in [1.54, 1.807) is 11.8 Å². The molecule has 3 rings (SSSR count). The standard InChI is InChI=1S/C19H26N2O3S/c1-24-16(22)7-8-25-11-12-3-2-4-15(9-12)21-19(23)17-13-5-6-14(10-13)18(17)20/h2-4,9,13-14,17-18H,5-8,10-11,20H2,1H3,(H,21,23). The van der Waals surface area contributed by atoms with Gasteiger partial charge in [-0.2, -0.15) is 11.8 Å². The second kappa shape index (κ2) is 8.23. The van der Waals surface area contributed by atoms with Gasteiger partial charge in [0.05, 0.1) is 19.4 Å². The van der Waals surface area contributed by atoms with Crippen LogP contribution >= 0.6 is 11.8 Å². The third-order valence-electron chi connectivity index (χ3n) is 5.42. The maximum absolute atomic E-state index is 12.6. The molecule has 4 unspecified atom stereocenters. The number of carbonyl (C=O) groups is 2. The molecule has 1 aromatic rings. The Hall–Kier alpha value is -1.53. The highest BCUT2D eigenvalue weighted by Gasteiger charge is 2.49. The lowest BCUT2D eigenvalue weighted by Crippen LogP contribution is -2.42. The van der Waals surface area contributed by atoms with Gasteiger partial charge in [0.25, 0.3) is 0 Å². The van der Waals surface area contributed by atoms with Crippen molar-refractivity contribution in [2.75, 3.05) is 18.2 Å². The molecule has 5 nitrogen and oxygen atoms in total. The molecule has 136 valence electrons. The quantitative estimate of drug-likeness (QED) is 0.576. The van der Waals surface area contributed by atoms with Crippen molar-refractivity contribution in [3.05, 3.63) is 29.8 Å². The van der Waals surface area contributed by atoms with Crippen molar-refractivity contribution in [3.63, 3.8) is 0 Å². The highest BCUT2D eigenvalue weighted by molar-refractivity contribution is 7.98. The number of rotatable bonds is 7. The lowest BCUT2D eigenvalue weighted by molar-refractivity contribution is -0.140. The maximum atomic E-state index is 12.6. The molecule has 0 heterocycles. The minimum absolute atomic E-state index is 0.0100. The second-order valence-electron chi connectivity index (χ2n) is 7.00. The van der Waals surface area contributed by atoms with Crippen LogP contribution in [0.2, 0.25) is 0 Å². The highest BCUT2D eigenvalue weighted by atomic mass is 32.2. The number of ether oxygens (including phenoxy) is 1. The Balaban J connectivity index is 1.51. The number of esters is 1. The van der Waals surface area contributed by atoms with Gasteiger partial charge >= 0.3 is 5.97 Å². The summed E-state index contributed by atoms with van der Waals surface area (Å²) < 4.78 is 4.63. The van der Waals surface area contributed by atoms with Gasteiger partial charge in [0, 0.05) is 23.2 Å². The van der Waals surface area contributed by atoms with Crippen molar-refractivity contribution in [1.82, 2.24) is 0 Å². The first-order valence-electron chi connectivity index (χ1n) is 8.88. The smallest absolute Gasteiger partial charge is 0.306 e. The van der Waals surface area contributed by atoms with Gasteiger partial charge in [0.15, 0.2) is 0 Å². The zero-order chi connectivity index (χ0) is 17.8. The fourth-order valence-electron chi connectivity index (χ4n) is 4.14. The Morgan fingerprint density at radius 1 is 1.32 bits per heavy atom. The number of thioether (sulfide) groups is 1. The van der Waals surface area contributed by atoms with Gasteiger partial charge in [0.1, 0.15) is 0 Å². The van der Waals surface area contributed by atoms with Gasteiger partial charge in [-0.05, 0) is 48.8 Å². The monoisotopic (exact) mass is 362 g/mol. The zero-order valence-electron chi connectivity index (χ0n) is 14.6. The van der Waals surface area contributed by atoms with Crippen LogP contribution in [0.25, 0.3) is 0 Å². The molecule has 2 aliphatic rings. The first kappa shape index (κ1) is 18.3. The molecule has 0 aromatic heterocycles. The Bertz CT molecular complexity index is 635. The van der Waals surface area contributed by atoms with Crippen molar-refractivity contribution in [3.8, 4) is 0 Å². The first-order valence-corrected chi connectivity index (χ1v) is 10.0. The minimum atomic E-state index is -0.185. The number of amides is 1. The SMILES string of the molecule is COC(=O)CCSCc1cccc(NC(=O)C2C3CCC(C3)C2N)c1. The number of hydrogen-bond acceptors (Lipinski definition) is 5. The summed E-state index contributed by atoms with van der Waals surface area (Å²) in [6.07, 6.45) is 3.83. The summed E-state index contributed by atoms with van der Waals surface area (Å²) in [5, 5.41) is 3.05. The average Bonchev–Trinajstić information content (AvgIpc) is 3.20. The van der Waals surface area contributed by atoms with Gasteiger partial charge in [-0.3, -0.25) is 9.59 Å². The lowest BCUT2D eigenvalue weighted by Gasteiger charge is -2.27. The number of fused-ring (bicyclic) bond motifs is 2. The van der Waals surface area contributed by atoms with Crippen LogP contribution in [-0.2, 0) is 20.1 Å². The summed E-state index contributed by atoms with van der Waals surface area (Å²) in [6.45, 7) is 0. The Kier molecular flexibility index (Phi) is 6.02. The molecular formula is C19H26N2O3S. The fourth-order valence-corrected chi connectivity index (χ4v) is 5.01. The molecular weight excluding hydrogens is 336 g/mol. The molecule has 1 amide bonds. The largest absolute Gasteiger partial charge is 0.469 e. The predicted octanol–water partition coefficient (Wildman–Crippen LogP) is 2.79. The van der Waals surface area contributed by atoms with Gasteiger partial charge in [-0.1, -0.05) is 12.1 Å². The Labute approximate surface area is 153 Å². The van der Waals surface area contributed by atoms with Crippen molar-refractivity contribution in [1.29, 1.82) is 0 Å². The highest BCUT2D eigenvalue weighted by Crippen LogP contribution is 2.47. The van der Waals surface area contributed by atoms with Gasteiger partial charge < -0.3 is 15.8 Å². The van der Waals surface area contributed by atoms with Crippen LogP contribution in [0.5, 0.6) is 0 Å². The van der Waals surface area contributed by atoms with Crippen molar-refractivity contribution >= 4 is 29.3 Å². The fraction of sp³-hybridized carbons (Fsp3) is 0.579. The van der Waals surface area contributed by atoms with E-state index in [0.29, 0.717) is 18.3 Å². The van der Waals surface area contributed by atoms with E-state index in [-0.39, 0.29) is 23.8 Å². The molecule has 0 aliphatic heterocycles. The number of methoxy groups -OCH3 is 1.